The molecule has 180 valence electrons. The molecule has 1 amide bonds. The summed E-state index contributed by atoms with van der Waals surface area (Å²) < 4.78 is 5.73. The molecule has 1 atom stereocenters. The summed E-state index contributed by atoms with van der Waals surface area (Å²) in [5, 5.41) is 12.5. The molecular formula is C31H27NO4. The van der Waals surface area contributed by atoms with E-state index in [0.29, 0.717) is 0 Å². The zero-order chi connectivity index (χ0) is 24.9. The first-order valence-electron chi connectivity index (χ1n) is 12.0. The first-order valence-corrected chi connectivity index (χ1v) is 12.0. The summed E-state index contributed by atoms with van der Waals surface area (Å²) in [4.78, 5) is 24.9. The van der Waals surface area contributed by atoms with E-state index < -0.39 is 18.1 Å². The van der Waals surface area contributed by atoms with Gasteiger partial charge in [0.2, 0.25) is 0 Å². The van der Waals surface area contributed by atoms with E-state index in [-0.39, 0.29) is 24.9 Å². The maximum absolute atomic E-state index is 13.1. The van der Waals surface area contributed by atoms with Gasteiger partial charge in [-0.25, -0.2) is 4.79 Å². The van der Waals surface area contributed by atoms with Gasteiger partial charge in [0.1, 0.15) is 6.61 Å². The largest absolute Gasteiger partial charge is 0.481 e. The van der Waals surface area contributed by atoms with E-state index >= 15 is 0 Å². The first kappa shape index (κ1) is 23.4. The van der Waals surface area contributed by atoms with Gasteiger partial charge < -0.3 is 15.2 Å². The summed E-state index contributed by atoms with van der Waals surface area (Å²) >= 11 is 0. The maximum Gasteiger partial charge on any atom is 0.407 e. The highest BCUT2D eigenvalue weighted by Gasteiger charge is 2.31. The van der Waals surface area contributed by atoms with Crippen LogP contribution in [0.25, 0.3) is 11.1 Å². The molecule has 0 fully saturated rings. The Balaban J connectivity index is 1.37. The lowest BCUT2D eigenvalue weighted by molar-refractivity contribution is -0.137. The van der Waals surface area contributed by atoms with Crippen molar-refractivity contribution in [2.45, 2.75) is 24.3 Å². The number of ether oxygens (including phenoxy) is 1. The number of amides is 1. The first-order chi connectivity index (χ1) is 17.6. The molecule has 5 nitrogen and oxygen atoms in total. The summed E-state index contributed by atoms with van der Waals surface area (Å²) in [5.41, 5.74) is 6.40. The van der Waals surface area contributed by atoms with Crippen LogP contribution < -0.4 is 5.32 Å². The molecule has 0 bridgehead atoms. The Morgan fingerprint density at radius 3 is 1.69 bits per heavy atom. The molecule has 0 saturated carbocycles. The number of aliphatic carboxylic acids is 1. The number of hydrogen-bond donors (Lipinski definition) is 2. The molecule has 1 unspecified atom stereocenters. The van der Waals surface area contributed by atoms with E-state index in [1.807, 2.05) is 84.9 Å². The standard InChI is InChI=1S/C31H27NO4/c33-29(34)19-28(30(21-11-3-1-4-12-21)22-13-5-2-6-14-22)32-31(35)36-20-27-25-17-9-7-15-23(25)24-16-8-10-18-26(24)27/h1-18,27-28,30H,19-20H2,(H,32,35)(H,33,34). The number of carboxylic acids is 1. The molecule has 36 heavy (non-hydrogen) atoms. The number of nitrogens with one attached hydrogen (secondary N) is 1. The SMILES string of the molecule is O=C(O)CC(NC(=O)OCC1c2ccccc2-c2ccccc21)C(c1ccccc1)c1ccccc1. The number of rotatable bonds is 8. The molecule has 4 aromatic rings. The van der Waals surface area contributed by atoms with Crippen molar-refractivity contribution in [3.63, 3.8) is 0 Å². The smallest absolute Gasteiger partial charge is 0.407 e. The minimum atomic E-state index is -0.990. The minimum Gasteiger partial charge on any atom is -0.481 e. The molecular weight excluding hydrogens is 450 g/mol. The van der Waals surface area contributed by atoms with E-state index in [0.717, 1.165) is 33.4 Å². The molecule has 2 N–H and O–H groups in total. The second kappa shape index (κ2) is 10.5. The van der Waals surface area contributed by atoms with Gasteiger partial charge in [0.05, 0.1) is 12.5 Å². The molecule has 1 aliphatic carbocycles. The van der Waals surface area contributed by atoms with Crippen molar-refractivity contribution in [1.29, 1.82) is 0 Å². The Labute approximate surface area is 210 Å². The highest BCUT2D eigenvalue weighted by molar-refractivity contribution is 5.79. The van der Waals surface area contributed by atoms with Crippen LogP contribution in [0.3, 0.4) is 0 Å². The number of carbonyl (C=O) groups is 2. The van der Waals surface area contributed by atoms with E-state index in [9.17, 15) is 14.7 Å². The van der Waals surface area contributed by atoms with Crippen LogP contribution in [0.2, 0.25) is 0 Å². The highest BCUT2D eigenvalue weighted by Crippen LogP contribution is 2.44. The monoisotopic (exact) mass is 477 g/mol. The van der Waals surface area contributed by atoms with Gasteiger partial charge in [-0.3, -0.25) is 4.79 Å². The fraction of sp³-hybridized carbons (Fsp3) is 0.161. The number of fused-ring (bicyclic) bond motifs is 3. The molecule has 0 aliphatic heterocycles. The molecule has 0 saturated heterocycles. The average molecular weight is 478 g/mol. The molecule has 0 heterocycles. The third-order valence-corrected chi connectivity index (χ3v) is 6.76. The van der Waals surface area contributed by atoms with E-state index in [1.165, 1.54) is 0 Å². The lowest BCUT2D eigenvalue weighted by Gasteiger charge is -2.28. The average Bonchev–Trinajstić information content (AvgIpc) is 3.22. The summed E-state index contributed by atoms with van der Waals surface area (Å²) in [7, 11) is 0. The lowest BCUT2D eigenvalue weighted by Crippen LogP contribution is -2.42. The minimum absolute atomic E-state index is 0.0693. The van der Waals surface area contributed by atoms with Crippen molar-refractivity contribution in [3.8, 4) is 11.1 Å². The zero-order valence-electron chi connectivity index (χ0n) is 19.7. The number of carboxylic acid groups (broad SMARTS) is 1. The van der Waals surface area contributed by atoms with E-state index in [4.69, 9.17) is 4.74 Å². The van der Waals surface area contributed by atoms with Crippen molar-refractivity contribution in [2.75, 3.05) is 6.61 Å². The van der Waals surface area contributed by atoms with Crippen molar-refractivity contribution >= 4 is 12.1 Å². The molecule has 0 radical (unpaired) electrons. The van der Waals surface area contributed by atoms with Gasteiger partial charge in [-0.1, -0.05) is 109 Å². The van der Waals surface area contributed by atoms with Crippen LogP contribution in [-0.2, 0) is 9.53 Å². The Morgan fingerprint density at radius 1 is 0.722 bits per heavy atom. The molecule has 1 aliphatic rings. The number of benzene rings is 4. The van der Waals surface area contributed by atoms with E-state index in [2.05, 4.69) is 29.6 Å². The third kappa shape index (κ3) is 4.86. The quantitative estimate of drug-likeness (QED) is 0.317. The second-order valence-corrected chi connectivity index (χ2v) is 8.97. The maximum atomic E-state index is 13.1. The Bertz CT molecular complexity index is 1270. The van der Waals surface area contributed by atoms with Crippen LogP contribution in [0.1, 0.15) is 40.5 Å². The normalized spacial score (nSPS) is 13.0. The van der Waals surface area contributed by atoms with Crippen molar-refractivity contribution in [3.05, 3.63) is 131 Å². The molecule has 0 aromatic heterocycles. The predicted molar refractivity (Wildman–Crippen MR) is 139 cm³/mol. The molecule has 4 aromatic carbocycles. The topological polar surface area (TPSA) is 75.6 Å². The van der Waals surface area contributed by atoms with Gasteiger partial charge in [-0.15, -0.1) is 0 Å². The summed E-state index contributed by atoms with van der Waals surface area (Å²) in [6.45, 7) is 0.168. The Hall–Kier alpha value is -4.38. The van der Waals surface area contributed by atoms with Crippen molar-refractivity contribution in [1.82, 2.24) is 5.32 Å². The highest BCUT2D eigenvalue weighted by atomic mass is 16.5. The van der Waals surface area contributed by atoms with Crippen LogP contribution in [0.15, 0.2) is 109 Å². The van der Waals surface area contributed by atoms with Gasteiger partial charge in [0.15, 0.2) is 0 Å². The van der Waals surface area contributed by atoms with Gasteiger partial charge in [-0.2, -0.15) is 0 Å². The van der Waals surface area contributed by atoms with Gasteiger partial charge >= 0.3 is 12.1 Å². The lowest BCUT2D eigenvalue weighted by atomic mass is 9.83. The molecule has 5 heteroatoms. The van der Waals surface area contributed by atoms with Crippen LogP contribution in [0, 0.1) is 0 Å². The van der Waals surface area contributed by atoms with Crippen LogP contribution >= 0.6 is 0 Å². The number of alkyl carbamates (subject to hydrolysis) is 1. The molecule has 5 rings (SSSR count). The second-order valence-electron chi connectivity index (χ2n) is 8.97. The van der Waals surface area contributed by atoms with Gasteiger partial charge in [-0.05, 0) is 33.4 Å². The zero-order valence-corrected chi connectivity index (χ0v) is 19.7. The predicted octanol–water partition coefficient (Wildman–Crippen LogP) is 6.20. The third-order valence-electron chi connectivity index (χ3n) is 6.76. The Kier molecular flexibility index (Phi) is 6.80. The van der Waals surface area contributed by atoms with Crippen LogP contribution in [0.4, 0.5) is 4.79 Å². The number of carbonyl (C=O) groups excluding carboxylic acids is 1. The summed E-state index contributed by atoms with van der Waals surface area (Å²) in [6, 6.07) is 34.9. The number of hydrogen-bond acceptors (Lipinski definition) is 3. The fourth-order valence-corrected chi connectivity index (χ4v) is 5.21. The van der Waals surface area contributed by atoms with E-state index in [1.54, 1.807) is 0 Å². The Morgan fingerprint density at radius 2 is 1.19 bits per heavy atom. The summed E-state index contributed by atoms with van der Waals surface area (Å²) in [6.07, 6.45) is -0.862. The van der Waals surface area contributed by atoms with Crippen LogP contribution in [-0.4, -0.2) is 29.8 Å². The fourth-order valence-electron chi connectivity index (χ4n) is 5.21. The van der Waals surface area contributed by atoms with Crippen LogP contribution in [0.5, 0.6) is 0 Å². The molecule has 0 spiro atoms. The van der Waals surface area contributed by atoms with Crippen molar-refractivity contribution in [2.24, 2.45) is 0 Å². The van der Waals surface area contributed by atoms with Gasteiger partial charge in [0.25, 0.3) is 0 Å². The van der Waals surface area contributed by atoms with Crippen molar-refractivity contribution < 1.29 is 19.4 Å². The summed E-state index contributed by atoms with van der Waals surface area (Å²) in [5.74, 6) is -1.40. The van der Waals surface area contributed by atoms with Gasteiger partial charge in [0, 0.05) is 11.8 Å².